The largest absolute Gasteiger partial charge is 0.457 e. The van der Waals surface area contributed by atoms with Crippen LogP contribution in [0.5, 0.6) is 11.5 Å². The molecule has 0 saturated carbocycles. The lowest BCUT2D eigenvalue weighted by Gasteiger charge is -2.15. The Morgan fingerprint density at radius 3 is 1.54 bits per heavy atom. The summed E-state index contributed by atoms with van der Waals surface area (Å²) in [5.74, 6) is 1.67. The average molecular weight is 463 g/mol. The number of hydrogen-bond acceptors (Lipinski definition) is 4. The molecule has 0 amide bonds. The molecule has 0 saturated heterocycles. The topological polar surface area (TPSA) is 52.6 Å². The molecule has 0 aromatic heterocycles. The molecule has 5 rings (SSSR count). The highest BCUT2D eigenvalue weighted by Gasteiger charge is 2.22. The smallest absolute Gasteiger partial charge is 0.230 e. The zero-order valence-electron chi connectivity index (χ0n) is 19.8. The number of rotatable bonds is 6. The third-order valence-electron chi connectivity index (χ3n) is 6.31. The summed E-state index contributed by atoms with van der Waals surface area (Å²) in [6.07, 6.45) is 7.92. The van der Waals surface area contributed by atoms with Gasteiger partial charge in [-0.1, -0.05) is 62.4 Å². The molecule has 0 atom stereocenters. The van der Waals surface area contributed by atoms with Gasteiger partial charge in [-0.3, -0.25) is 9.59 Å². The predicted octanol–water partition coefficient (Wildman–Crippen LogP) is 7.37. The van der Waals surface area contributed by atoms with Crippen molar-refractivity contribution in [1.29, 1.82) is 0 Å². The predicted molar refractivity (Wildman–Crippen MR) is 142 cm³/mol. The second-order valence-electron chi connectivity index (χ2n) is 8.55. The molecule has 0 aliphatic carbocycles. The van der Waals surface area contributed by atoms with E-state index >= 15 is 0 Å². The second-order valence-corrected chi connectivity index (χ2v) is 8.55. The molecule has 1 aliphatic rings. The summed E-state index contributed by atoms with van der Waals surface area (Å²) in [6, 6.07) is 20.4. The molecule has 4 heteroatoms. The number of carbonyl (C=O) groups excluding carboxylic acids is 2. The van der Waals surface area contributed by atoms with Crippen molar-refractivity contribution in [3.05, 3.63) is 83.9 Å². The summed E-state index contributed by atoms with van der Waals surface area (Å²) in [5.41, 5.74) is 3.81. The van der Waals surface area contributed by atoms with Crippen LogP contribution in [0.3, 0.4) is 0 Å². The van der Waals surface area contributed by atoms with E-state index in [1.165, 1.54) is 0 Å². The fraction of sp³-hybridized carbons (Fsp3) is 0.161. The van der Waals surface area contributed by atoms with E-state index in [0.717, 1.165) is 55.3 Å². The van der Waals surface area contributed by atoms with Crippen molar-refractivity contribution in [3.8, 4) is 22.6 Å². The number of fused-ring (bicyclic) bond motifs is 7. The molecule has 1 heterocycles. The van der Waals surface area contributed by atoms with Gasteiger partial charge in [0, 0.05) is 24.0 Å². The highest BCUT2D eigenvalue weighted by molar-refractivity contribution is 6.11. The van der Waals surface area contributed by atoms with Crippen LogP contribution in [-0.4, -0.2) is 18.4 Å². The molecule has 0 fully saturated rings. The molecular formula is C31H26O4. The molecule has 0 N–H and O–H groups in total. The van der Waals surface area contributed by atoms with Crippen molar-refractivity contribution in [3.63, 3.8) is 0 Å². The first kappa shape index (κ1) is 22.6. The Morgan fingerprint density at radius 1 is 0.686 bits per heavy atom. The zero-order valence-corrected chi connectivity index (χ0v) is 19.8. The molecule has 4 aromatic carbocycles. The number of hydrogen-bond donors (Lipinski definition) is 0. The van der Waals surface area contributed by atoms with Crippen LogP contribution < -0.4 is 9.47 Å². The van der Waals surface area contributed by atoms with E-state index in [0.29, 0.717) is 12.8 Å². The van der Waals surface area contributed by atoms with Crippen molar-refractivity contribution in [2.75, 3.05) is 6.79 Å². The fourth-order valence-electron chi connectivity index (χ4n) is 4.37. The lowest BCUT2D eigenvalue weighted by Crippen LogP contribution is -2.03. The van der Waals surface area contributed by atoms with Crippen LogP contribution in [0.25, 0.3) is 44.8 Å². The van der Waals surface area contributed by atoms with Crippen molar-refractivity contribution in [2.45, 2.75) is 26.7 Å². The Kier molecular flexibility index (Phi) is 6.19. The normalized spacial score (nSPS) is 12.9. The van der Waals surface area contributed by atoms with Gasteiger partial charge in [-0.15, -0.1) is 0 Å². The minimum Gasteiger partial charge on any atom is -0.457 e. The molecule has 0 radical (unpaired) electrons. The van der Waals surface area contributed by atoms with Crippen LogP contribution in [0.15, 0.2) is 72.8 Å². The molecule has 0 spiro atoms. The van der Waals surface area contributed by atoms with Gasteiger partial charge in [-0.05, 0) is 69.1 Å². The van der Waals surface area contributed by atoms with Crippen LogP contribution in [0, 0.1) is 0 Å². The van der Waals surface area contributed by atoms with Gasteiger partial charge in [0.1, 0.15) is 11.5 Å². The van der Waals surface area contributed by atoms with Crippen LogP contribution >= 0.6 is 0 Å². The summed E-state index contributed by atoms with van der Waals surface area (Å²) >= 11 is 0. The number of ketones is 2. The summed E-state index contributed by atoms with van der Waals surface area (Å²) < 4.78 is 12.0. The highest BCUT2D eigenvalue weighted by Crippen LogP contribution is 2.47. The Labute approximate surface area is 204 Å². The summed E-state index contributed by atoms with van der Waals surface area (Å²) in [6.45, 7) is 3.83. The first-order valence-electron chi connectivity index (χ1n) is 11.9. The molecule has 35 heavy (non-hydrogen) atoms. The number of allylic oxidation sites excluding steroid dienone is 2. The molecule has 0 unspecified atom stereocenters. The number of benzene rings is 4. The lowest BCUT2D eigenvalue weighted by molar-refractivity contribution is -0.115. The van der Waals surface area contributed by atoms with Gasteiger partial charge in [0.2, 0.25) is 6.79 Å². The molecule has 174 valence electrons. The summed E-state index contributed by atoms with van der Waals surface area (Å²) in [4.78, 5) is 23.7. The Hall–Kier alpha value is -4.18. The van der Waals surface area contributed by atoms with Crippen molar-refractivity contribution in [2.24, 2.45) is 0 Å². The monoisotopic (exact) mass is 462 g/mol. The zero-order chi connectivity index (χ0) is 24.4. The molecule has 1 aliphatic heterocycles. The quantitative estimate of drug-likeness (QED) is 0.281. The maximum atomic E-state index is 11.8. The maximum Gasteiger partial charge on any atom is 0.230 e. The third-order valence-corrected chi connectivity index (χ3v) is 6.31. The van der Waals surface area contributed by atoms with Gasteiger partial charge < -0.3 is 9.47 Å². The van der Waals surface area contributed by atoms with Crippen LogP contribution in [0.2, 0.25) is 0 Å². The first-order chi connectivity index (χ1) is 17.1. The van der Waals surface area contributed by atoms with E-state index in [4.69, 9.17) is 9.47 Å². The minimum atomic E-state index is 0.0900. The van der Waals surface area contributed by atoms with Crippen molar-refractivity contribution >= 4 is 45.3 Å². The first-order valence-corrected chi connectivity index (χ1v) is 11.9. The Bertz CT molecular complexity index is 1410. The fourth-order valence-corrected chi connectivity index (χ4v) is 4.37. The molecular weight excluding hydrogens is 436 g/mol. The molecule has 0 bridgehead atoms. The SMILES string of the molecule is CCC(=O)/C=C\c1ccc2ccc3c(c2c1)-c1c(ccc2ccc(/C=C\C(=O)CC)cc12)OCO3. The standard InChI is InChI=1S/C31H26O4/c1-3-24(32)13-7-20-5-9-22-11-15-28-30(26(22)17-20)31-27-18-21(8-14-25(33)4-2)6-10-23(27)12-16-29(31)35-19-34-28/h5-18H,3-4,19H2,1-2H3/b13-7-,14-8-. The van der Waals surface area contributed by atoms with Gasteiger partial charge in [-0.2, -0.15) is 0 Å². The van der Waals surface area contributed by atoms with E-state index in [9.17, 15) is 9.59 Å². The van der Waals surface area contributed by atoms with Crippen molar-refractivity contribution in [1.82, 2.24) is 0 Å². The number of ether oxygens (including phenoxy) is 2. The van der Waals surface area contributed by atoms with Gasteiger partial charge in [0.25, 0.3) is 0 Å². The van der Waals surface area contributed by atoms with Gasteiger partial charge in [0.15, 0.2) is 11.6 Å². The third kappa shape index (κ3) is 4.47. The Morgan fingerprint density at radius 2 is 1.11 bits per heavy atom. The summed E-state index contributed by atoms with van der Waals surface area (Å²) in [7, 11) is 0. The van der Waals surface area contributed by atoms with E-state index < -0.39 is 0 Å². The molecule has 4 aromatic rings. The Balaban J connectivity index is 1.76. The minimum absolute atomic E-state index is 0.0900. The maximum absolute atomic E-state index is 11.8. The summed E-state index contributed by atoms with van der Waals surface area (Å²) in [5, 5.41) is 4.19. The van der Waals surface area contributed by atoms with Crippen molar-refractivity contribution < 1.29 is 19.1 Å². The van der Waals surface area contributed by atoms with Crippen LogP contribution in [0.1, 0.15) is 37.8 Å². The lowest BCUT2D eigenvalue weighted by atomic mass is 9.90. The van der Waals surface area contributed by atoms with Gasteiger partial charge >= 0.3 is 0 Å². The van der Waals surface area contributed by atoms with Gasteiger partial charge in [0.05, 0.1) is 0 Å². The van der Waals surface area contributed by atoms with E-state index in [1.54, 1.807) is 12.2 Å². The number of carbonyl (C=O) groups is 2. The highest BCUT2D eigenvalue weighted by atomic mass is 16.7. The molecule has 4 nitrogen and oxygen atoms in total. The van der Waals surface area contributed by atoms with Gasteiger partial charge in [-0.25, -0.2) is 0 Å². The average Bonchev–Trinajstić information content (AvgIpc) is 3.09. The van der Waals surface area contributed by atoms with Crippen LogP contribution in [-0.2, 0) is 9.59 Å². The van der Waals surface area contributed by atoms with E-state index in [2.05, 4.69) is 24.3 Å². The van der Waals surface area contributed by atoms with E-state index in [-0.39, 0.29) is 18.4 Å². The van der Waals surface area contributed by atoms with Crippen LogP contribution in [0.4, 0.5) is 0 Å². The van der Waals surface area contributed by atoms with E-state index in [1.807, 2.05) is 62.4 Å². The second kappa shape index (κ2) is 9.59.